The lowest BCUT2D eigenvalue weighted by molar-refractivity contribution is -0.142. The number of carboxylic acids is 1. The van der Waals surface area contributed by atoms with Crippen molar-refractivity contribution >= 4 is 12.1 Å². The molecule has 2 unspecified atom stereocenters. The van der Waals surface area contributed by atoms with E-state index in [4.69, 9.17) is 14.9 Å². The molecule has 0 aliphatic carbocycles. The lowest BCUT2D eigenvalue weighted by Crippen LogP contribution is -2.47. The molecule has 6 heteroatoms. The minimum Gasteiger partial charge on any atom is -0.480 e. The Morgan fingerprint density at radius 1 is 1.33 bits per heavy atom. The number of rotatable bonds is 5. The number of ether oxygens (including phenoxy) is 1. The molecule has 1 rings (SSSR count). The van der Waals surface area contributed by atoms with Gasteiger partial charge in [-0.2, -0.15) is 0 Å². The van der Waals surface area contributed by atoms with Gasteiger partial charge in [0.2, 0.25) is 0 Å². The number of nitrogens with one attached hydrogen (secondary N) is 1. The van der Waals surface area contributed by atoms with E-state index in [0.29, 0.717) is 0 Å². The first-order valence-electron chi connectivity index (χ1n) is 5.39. The average Bonchev–Trinajstić information content (AvgIpc) is 2.34. The van der Waals surface area contributed by atoms with E-state index >= 15 is 0 Å². The van der Waals surface area contributed by atoms with Gasteiger partial charge in [-0.25, -0.2) is 9.59 Å². The highest BCUT2D eigenvalue weighted by molar-refractivity contribution is 5.80. The maximum absolute atomic E-state index is 11.3. The summed E-state index contributed by atoms with van der Waals surface area (Å²) >= 11 is 0. The Morgan fingerprint density at radius 3 is 2.44 bits per heavy atom. The van der Waals surface area contributed by atoms with Crippen LogP contribution in [-0.2, 0) is 16.1 Å². The molecule has 2 atom stereocenters. The summed E-state index contributed by atoms with van der Waals surface area (Å²) in [6.45, 7) is 1.31. The summed E-state index contributed by atoms with van der Waals surface area (Å²) in [6, 6.07) is 7.59. The zero-order chi connectivity index (χ0) is 13.5. The molecule has 1 aromatic carbocycles. The van der Waals surface area contributed by atoms with Gasteiger partial charge < -0.3 is 20.3 Å². The summed E-state index contributed by atoms with van der Waals surface area (Å²) < 4.78 is 4.83. The lowest BCUT2D eigenvalue weighted by Gasteiger charge is -2.16. The number of hydrogen-bond acceptors (Lipinski definition) is 4. The molecule has 6 nitrogen and oxygen atoms in total. The second-order valence-electron chi connectivity index (χ2n) is 3.76. The zero-order valence-corrected chi connectivity index (χ0v) is 9.87. The van der Waals surface area contributed by atoms with Crippen LogP contribution in [0.3, 0.4) is 0 Å². The molecule has 0 aliphatic heterocycles. The fourth-order valence-corrected chi connectivity index (χ4v) is 1.28. The van der Waals surface area contributed by atoms with Gasteiger partial charge in [-0.3, -0.25) is 0 Å². The monoisotopic (exact) mass is 253 g/mol. The highest BCUT2D eigenvalue weighted by Crippen LogP contribution is 2.01. The van der Waals surface area contributed by atoms with Crippen LogP contribution >= 0.6 is 0 Å². The number of aliphatic hydroxyl groups is 1. The minimum absolute atomic E-state index is 0.0405. The predicted molar refractivity (Wildman–Crippen MR) is 62.9 cm³/mol. The number of alkyl carbamates (subject to hydrolysis) is 1. The minimum atomic E-state index is -1.38. The first-order chi connectivity index (χ1) is 8.50. The van der Waals surface area contributed by atoms with Crippen LogP contribution in [0.2, 0.25) is 0 Å². The molecule has 18 heavy (non-hydrogen) atoms. The summed E-state index contributed by atoms with van der Waals surface area (Å²) in [5.41, 5.74) is 0.788. The van der Waals surface area contributed by atoms with Gasteiger partial charge in [0.15, 0.2) is 6.04 Å². The molecule has 1 aromatic rings. The van der Waals surface area contributed by atoms with Gasteiger partial charge in [0.25, 0.3) is 0 Å². The van der Waals surface area contributed by atoms with Crippen molar-refractivity contribution in [1.82, 2.24) is 5.32 Å². The van der Waals surface area contributed by atoms with E-state index in [9.17, 15) is 9.59 Å². The van der Waals surface area contributed by atoms with E-state index in [0.717, 1.165) is 5.56 Å². The Labute approximate surface area is 104 Å². The van der Waals surface area contributed by atoms with Crippen molar-refractivity contribution < 1.29 is 24.5 Å². The third-order valence-electron chi connectivity index (χ3n) is 2.23. The van der Waals surface area contributed by atoms with Gasteiger partial charge in [0.05, 0.1) is 6.10 Å². The van der Waals surface area contributed by atoms with Crippen molar-refractivity contribution in [3.8, 4) is 0 Å². The van der Waals surface area contributed by atoms with E-state index in [1.807, 2.05) is 6.07 Å². The Balaban J connectivity index is 2.44. The first kappa shape index (κ1) is 14.0. The van der Waals surface area contributed by atoms with Crippen LogP contribution in [0.5, 0.6) is 0 Å². The van der Waals surface area contributed by atoms with Gasteiger partial charge in [-0.15, -0.1) is 0 Å². The molecule has 98 valence electrons. The molecule has 0 heterocycles. The number of carbonyl (C=O) groups excluding carboxylic acids is 1. The van der Waals surface area contributed by atoms with Crippen LogP contribution < -0.4 is 5.32 Å². The first-order valence-corrected chi connectivity index (χ1v) is 5.39. The topological polar surface area (TPSA) is 95.9 Å². The summed E-state index contributed by atoms with van der Waals surface area (Å²) in [4.78, 5) is 22.0. The summed E-state index contributed by atoms with van der Waals surface area (Å²) in [5.74, 6) is -1.32. The lowest BCUT2D eigenvalue weighted by atomic mass is 10.2. The van der Waals surface area contributed by atoms with Crippen molar-refractivity contribution in [2.75, 3.05) is 0 Å². The smallest absolute Gasteiger partial charge is 0.408 e. The third-order valence-corrected chi connectivity index (χ3v) is 2.23. The molecule has 0 spiro atoms. The largest absolute Gasteiger partial charge is 0.480 e. The van der Waals surface area contributed by atoms with Crippen LogP contribution in [0.25, 0.3) is 0 Å². The quantitative estimate of drug-likeness (QED) is 0.719. The van der Waals surface area contributed by atoms with E-state index in [2.05, 4.69) is 5.32 Å². The van der Waals surface area contributed by atoms with Crippen molar-refractivity contribution in [1.29, 1.82) is 0 Å². The molecule has 0 radical (unpaired) electrons. The van der Waals surface area contributed by atoms with Crippen LogP contribution in [0, 0.1) is 0 Å². The molecule has 0 fully saturated rings. The van der Waals surface area contributed by atoms with E-state index < -0.39 is 24.2 Å². The SMILES string of the molecule is CC(O)C(NC(=O)OCc1ccccc1)C(=O)O. The summed E-state index contributed by atoms with van der Waals surface area (Å²) in [5, 5.41) is 20.0. The zero-order valence-electron chi connectivity index (χ0n) is 9.87. The van der Waals surface area contributed by atoms with E-state index in [1.54, 1.807) is 24.3 Å². The Morgan fingerprint density at radius 2 is 1.94 bits per heavy atom. The fourth-order valence-electron chi connectivity index (χ4n) is 1.28. The van der Waals surface area contributed by atoms with E-state index in [-0.39, 0.29) is 6.61 Å². The molecular weight excluding hydrogens is 238 g/mol. The van der Waals surface area contributed by atoms with Gasteiger partial charge >= 0.3 is 12.1 Å². The maximum atomic E-state index is 11.3. The van der Waals surface area contributed by atoms with Gasteiger partial charge in [0.1, 0.15) is 6.61 Å². The standard InChI is InChI=1S/C12H15NO5/c1-8(14)10(11(15)16)13-12(17)18-7-9-5-3-2-4-6-9/h2-6,8,10,14H,7H2,1H3,(H,13,17)(H,15,16). The number of aliphatic carboxylic acids is 1. The summed E-state index contributed by atoms with van der Waals surface area (Å²) in [6.07, 6.45) is -2.08. The predicted octanol–water partition coefficient (Wildman–Crippen LogP) is 0.747. The van der Waals surface area contributed by atoms with Gasteiger partial charge in [0, 0.05) is 0 Å². The normalized spacial score (nSPS) is 13.4. The summed E-state index contributed by atoms with van der Waals surface area (Å²) in [7, 11) is 0. The molecular formula is C12H15NO5. The fraction of sp³-hybridized carbons (Fsp3) is 0.333. The maximum Gasteiger partial charge on any atom is 0.408 e. The highest BCUT2D eigenvalue weighted by atomic mass is 16.5. The van der Waals surface area contributed by atoms with Crippen LogP contribution in [0.1, 0.15) is 12.5 Å². The second-order valence-corrected chi connectivity index (χ2v) is 3.76. The molecule has 0 saturated carbocycles. The Bertz CT molecular complexity index is 404. The highest BCUT2D eigenvalue weighted by Gasteiger charge is 2.25. The third kappa shape index (κ3) is 4.42. The van der Waals surface area contributed by atoms with Crippen molar-refractivity contribution in [2.45, 2.75) is 25.7 Å². The Hall–Kier alpha value is -2.08. The molecule has 0 saturated heterocycles. The van der Waals surface area contributed by atoms with Crippen LogP contribution in [-0.4, -0.2) is 34.4 Å². The molecule has 1 amide bonds. The number of aliphatic hydroxyl groups excluding tert-OH is 1. The molecule has 0 aromatic heterocycles. The number of carboxylic acid groups (broad SMARTS) is 1. The molecule has 0 aliphatic rings. The average molecular weight is 253 g/mol. The van der Waals surface area contributed by atoms with Crippen molar-refractivity contribution in [3.63, 3.8) is 0 Å². The van der Waals surface area contributed by atoms with E-state index in [1.165, 1.54) is 6.92 Å². The van der Waals surface area contributed by atoms with Crippen molar-refractivity contribution in [2.24, 2.45) is 0 Å². The number of hydrogen-bond donors (Lipinski definition) is 3. The number of benzene rings is 1. The van der Waals surface area contributed by atoms with Crippen LogP contribution in [0.15, 0.2) is 30.3 Å². The number of carbonyl (C=O) groups is 2. The Kier molecular flexibility index (Phi) is 5.13. The van der Waals surface area contributed by atoms with Crippen molar-refractivity contribution in [3.05, 3.63) is 35.9 Å². The van der Waals surface area contributed by atoms with Gasteiger partial charge in [-0.1, -0.05) is 30.3 Å². The number of amides is 1. The van der Waals surface area contributed by atoms with Gasteiger partial charge in [-0.05, 0) is 12.5 Å². The molecule has 0 bridgehead atoms. The second kappa shape index (κ2) is 6.61. The molecule has 3 N–H and O–H groups in total. The van der Waals surface area contributed by atoms with Crippen LogP contribution in [0.4, 0.5) is 4.79 Å².